The van der Waals surface area contributed by atoms with Gasteiger partial charge in [0.15, 0.2) is 0 Å². The molecule has 0 fully saturated rings. The average Bonchev–Trinajstić information content (AvgIpc) is 3.28. The second-order valence-corrected chi connectivity index (χ2v) is 9.32. The summed E-state index contributed by atoms with van der Waals surface area (Å²) in [7, 11) is 0. The molecule has 148 valence electrons. The van der Waals surface area contributed by atoms with Crippen LogP contribution in [0.1, 0.15) is 38.8 Å². The van der Waals surface area contributed by atoms with Gasteiger partial charge in [-0.3, -0.25) is 0 Å². The first kappa shape index (κ1) is 19.1. The Kier molecular flexibility index (Phi) is 4.52. The van der Waals surface area contributed by atoms with E-state index in [1.54, 1.807) is 0 Å². The summed E-state index contributed by atoms with van der Waals surface area (Å²) in [5, 5.41) is 2.72. The van der Waals surface area contributed by atoms with Gasteiger partial charge in [-0.15, -0.1) is 11.3 Å². The lowest BCUT2D eigenvalue weighted by Crippen LogP contribution is -2.14. The maximum Gasteiger partial charge on any atom is 0.0355 e. The van der Waals surface area contributed by atoms with Crippen molar-refractivity contribution in [2.75, 3.05) is 0 Å². The largest absolute Gasteiger partial charge is 0.135 e. The molecule has 4 aromatic carbocycles. The Morgan fingerprint density at radius 3 is 2.07 bits per heavy atom. The van der Waals surface area contributed by atoms with Gasteiger partial charge in [0.05, 0.1) is 0 Å². The van der Waals surface area contributed by atoms with Crippen LogP contribution in [0.2, 0.25) is 0 Å². The van der Waals surface area contributed by atoms with Crippen molar-refractivity contribution >= 4 is 31.5 Å². The van der Waals surface area contributed by atoms with E-state index in [-0.39, 0.29) is 5.41 Å². The minimum atomic E-state index is 0.0428. The van der Waals surface area contributed by atoms with Gasteiger partial charge >= 0.3 is 0 Å². The van der Waals surface area contributed by atoms with E-state index in [1.165, 1.54) is 53.6 Å². The van der Waals surface area contributed by atoms with Gasteiger partial charge in [0.2, 0.25) is 0 Å². The van der Waals surface area contributed by atoms with Crippen LogP contribution in [0.4, 0.5) is 0 Å². The summed E-state index contributed by atoms with van der Waals surface area (Å²) >= 11 is 1.88. The monoisotopic (exact) mass is 406 g/mol. The van der Waals surface area contributed by atoms with Crippen molar-refractivity contribution in [1.82, 2.24) is 0 Å². The van der Waals surface area contributed by atoms with Crippen LogP contribution in [0.3, 0.4) is 0 Å². The minimum absolute atomic E-state index is 0.0428. The molecule has 0 aliphatic heterocycles. The number of benzene rings is 4. The van der Waals surface area contributed by atoms with Crippen molar-refractivity contribution in [3.63, 3.8) is 0 Å². The molecule has 0 saturated heterocycles. The molecule has 0 radical (unpaired) electrons. The highest BCUT2D eigenvalue weighted by Crippen LogP contribution is 2.49. The molecular weight excluding hydrogens is 380 g/mol. The summed E-state index contributed by atoms with van der Waals surface area (Å²) in [4.78, 5) is 0. The van der Waals surface area contributed by atoms with E-state index in [9.17, 15) is 0 Å². The van der Waals surface area contributed by atoms with Gasteiger partial charge in [-0.25, -0.2) is 0 Å². The molecule has 0 nitrogen and oxygen atoms in total. The number of thiophene rings is 1. The van der Waals surface area contributed by atoms with Gasteiger partial charge in [0.1, 0.15) is 0 Å². The third-order valence-corrected chi connectivity index (χ3v) is 7.45. The highest BCUT2D eigenvalue weighted by Gasteiger charge is 2.35. The standard InChI is InChI=1S/C27H20S.C2H6/c1-27(2)23-9-5-3-7-19(23)20-13-11-18(16-24(20)27)17-12-14-26-22(15-17)21-8-4-6-10-25(21)28-26;1-2/h3-16H,1-2H3;1-2H3. The fourth-order valence-corrected chi connectivity index (χ4v) is 5.88. The van der Waals surface area contributed by atoms with Crippen molar-refractivity contribution in [2.45, 2.75) is 33.1 Å². The van der Waals surface area contributed by atoms with Crippen LogP contribution in [0.25, 0.3) is 42.4 Å². The smallest absolute Gasteiger partial charge is 0.0355 e. The zero-order valence-electron chi connectivity index (χ0n) is 18.0. The summed E-state index contributed by atoms with van der Waals surface area (Å²) < 4.78 is 2.72. The minimum Gasteiger partial charge on any atom is -0.135 e. The van der Waals surface area contributed by atoms with E-state index in [2.05, 4.69) is 98.8 Å². The molecule has 30 heavy (non-hydrogen) atoms. The molecule has 1 heterocycles. The molecule has 1 heteroatoms. The maximum atomic E-state index is 2.41. The van der Waals surface area contributed by atoms with Crippen molar-refractivity contribution < 1.29 is 0 Å². The van der Waals surface area contributed by atoms with Gasteiger partial charge in [-0.1, -0.05) is 88.4 Å². The lowest BCUT2D eigenvalue weighted by molar-refractivity contribution is 0.660. The predicted octanol–water partition coefficient (Wildman–Crippen LogP) is 9.05. The first-order valence-electron chi connectivity index (χ1n) is 10.8. The molecule has 0 bridgehead atoms. The first-order chi connectivity index (χ1) is 14.6. The van der Waals surface area contributed by atoms with Crippen LogP contribution in [-0.4, -0.2) is 0 Å². The molecule has 1 aromatic heterocycles. The van der Waals surface area contributed by atoms with E-state index in [0.717, 1.165) is 0 Å². The molecule has 5 aromatic rings. The summed E-state index contributed by atoms with van der Waals surface area (Å²) in [5.41, 5.74) is 8.27. The van der Waals surface area contributed by atoms with E-state index in [0.29, 0.717) is 0 Å². The van der Waals surface area contributed by atoms with Gasteiger partial charge in [-0.05, 0) is 57.6 Å². The Balaban J connectivity index is 0.000000937. The average molecular weight is 407 g/mol. The Hall–Kier alpha value is -2.90. The molecule has 1 aliphatic carbocycles. The highest BCUT2D eigenvalue weighted by molar-refractivity contribution is 7.25. The van der Waals surface area contributed by atoms with Crippen LogP contribution in [0.5, 0.6) is 0 Å². The molecule has 0 atom stereocenters. The van der Waals surface area contributed by atoms with Crippen molar-refractivity contribution in [1.29, 1.82) is 0 Å². The summed E-state index contributed by atoms with van der Waals surface area (Å²) in [6.07, 6.45) is 0. The van der Waals surface area contributed by atoms with Crippen molar-refractivity contribution in [3.05, 3.63) is 96.1 Å². The van der Waals surface area contributed by atoms with Crippen LogP contribution >= 0.6 is 11.3 Å². The third kappa shape index (κ3) is 2.73. The fourth-order valence-electron chi connectivity index (χ4n) is 4.79. The van der Waals surface area contributed by atoms with Crippen LogP contribution in [-0.2, 0) is 5.41 Å². The number of hydrogen-bond donors (Lipinski definition) is 0. The molecular formula is C29H26S. The molecule has 0 spiro atoms. The third-order valence-electron chi connectivity index (χ3n) is 6.29. The number of fused-ring (bicyclic) bond motifs is 6. The van der Waals surface area contributed by atoms with Gasteiger partial charge in [-0.2, -0.15) is 0 Å². The van der Waals surface area contributed by atoms with E-state index in [4.69, 9.17) is 0 Å². The lowest BCUT2D eigenvalue weighted by atomic mass is 9.81. The van der Waals surface area contributed by atoms with E-state index >= 15 is 0 Å². The maximum absolute atomic E-state index is 2.41. The van der Waals surface area contributed by atoms with Crippen LogP contribution in [0, 0.1) is 0 Å². The molecule has 0 unspecified atom stereocenters. The normalized spacial score (nSPS) is 13.6. The zero-order chi connectivity index (χ0) is 20.9. The molecule has 0 saturated carbocycles. The first-order valence-corrected chi connectivity index (χ1v) is 11.6. The predicted molar refractivity (Wildman–Crippen MR) is 134 cm³/mol. The highest BCUT2D eigenvalue weighted by atomic mass is 32.1. The van der Waals surface area contributed by atoms with Crippen LogP contribution in [0.15, 0.2) is 84.9 Å². The second kappa shape index (κ2) is 7.11. The van der Waals surface area contributed by atoms with Gasteiger partial charge in [0.25, 0.3) is 0 Å². The topological polar surface area (TPSA) is 0 Å². The van der Waals surface area contributed by atoms with Crippen molar-refractivity contribution in [2.24, 2.45) is 0 Å². The Morgan fingerprint density at radius 1 is 0.567 bits per heavy atom. The Labute approximate surface area is 182 Å². The molecule has 0 amide bonds. The fraction of sp³-hybridized carbons (Fsp3) is 0.172. The number of hydrogen-bond acceptors (Lipinski definition) is 1. The number of rotatable bonds is 1. The zero-order valence-corrected chi connectivity index (χ0v) is 18.8. The molecule has 6 rings (SSSR count). The summed E-state index contributed by atoms with van der Waals surface area (Å²) in [6.45, 7) is 8.69. The Morgan fingerprint density at radius 2 is 1.20 bits per heavy atom. The second-order valence-electron chi connectivity index (χ2n) is 8.24. The van der Waals surface area contributed by atoms with E-state index in [1.807, 2.05) is 25.2 Å². The van der Waals surface area contributed by atoms with E-state index < -0.39 is 0 Å². The van der Waals surface area contributed by atoms with Crippen molar-refractivity contribution in [3.8, 4) is 22.3 Å². The molecule has 1 aliphatic rings. The molecule has 0 N–H and O–H groups in total. The summed E-state index contributed by atoms with van der Waals surface area (Å²) in [5.74, 6) is 0. The quantitative estimate of drug-likeness (QED) is 0.260. The lowest BCUT2D eigenvalue weighted by Gasteiger charge is -2.22. The Bertz CT molecular complexity index is 1380. The SMILES string of the molecule is CC.CC1(C)c2ccccc2-c2ccc(-c3ccc4sc5ccccc5c4c3)cc21. The summed E-state index contributed by atoms with van der Waals surface area (Å²) in [6, 6.07) is 31.5. The van der Waals surface area contributed by atoms with Gasteiger partial charge < -0.3 is 0 Å². The van der Waals surface area contributed by atoms with Crippen LogP contribution < -0.4 is 0 Å². The van der Waals surface area contributed by atoms with Gasteiger partial charge in [0, 0.05) is 25.6 Å².